The smallest absolute Gasteiger partial charge is 0.133 e. The Morgan fingerprint density at radius 2 is 2.27 bits per heavy atom. The number of aryl methyl sites for hydroxylation is 2. The Kier molecular flexibility index (Phi) is 3.05. The number of nitrogens with two attached hydrogens (primary N) is 1. The van der Waals surface area contributed by atoms with Crippen LogP contribution >= 0.6 is 0 Å². The third kappa shape index (κ3) is 2.37. The first-order valence-corrected chi connectivity index (χ1v) is 5.83. The highest BCUT2D eigenvalue weighted by Gasteiger charge is 2.19. The van der Waals surface area contributed by atoms with Crippen molar-refractivity contribution in [1.82, 2.24) is 14.8 Å². The molecule has 2 heterocycles. The van der Waals surface area contributed by atoms with E-state index in [0.29, 0.717) is 0 Å². The maximum atomic E-state index is 5.96. The zero-order valence-corrected chi connectivity index (χ0v) is 9.61. The highest BCUT2D eigenvalue weighted by atomic mass is 15.3. The van der Waals surface area contributed by atoms with Crippen LogP contribution in [0.4, 0.5) is 0 Å². The topological polar surface area (TPSA) is 56.7 Å². The standard InChI is InChI=1S/C11H20N4/c1-8(2)3-5-10-13-14-11-6-4-9(12)7-15(10)11/h8-9H,3-7,12H2,1-2H3. The van der Waals surface area contributed by atoms with Crippen molar-refractivity contribution >= 4 is 0 Å². The Morgan fingerprint density at radius 3 is 3.00 bits per heavy atom. The van der Waals surface area contributed by atoms with Gasteiger partial charge < -0.3 is 10.3 Å². The number of fused-ring (bicyclic) bond motifs is 1. The van der Waals surface area contributed by atoms with E-state index in [1.807, 2.05) is 0 Å². The Morgan fingerprint density at radius 1 is 1.47 bits per heavy atom. The van der Waals surface area contributed by atoms with Crippen molar-refractivity contribution in [3.8, 4) is 0 Å². The molecule has 0 bridgehead atoms. The van der Waals surface area contributed by atoms with Crippen LogP contribution in [-0.2, 0) is 19.4 Å². The molecule has 0 aromatic carbocycles. The molecule has 2 rings (SSSR count). The van der Waals surface area contributed by atoms with Gasteiger partial charge in [-0.15, -0.1) is 10.2 Å². The molecule has 1 atom stereocenters. The molecule has 2 N–H and O–H groups in total. The molecule has 0 aliphatic carbocycles. The second kappa shape index (κ2) is 4.31. The molecule has 1 unspecified atom stereocenters. The van der Waals surface area contributed by atoms with Gasteiger partial charge in [0.15, 0.2) is 0 Å². The molecule has 0 spiro atoms. The molecule has 84 valence electrons. The van der Waals surface area contributed by atoms with E-state index < -0.39 is 0 Å². The summed E-state index contributed by atoms with van der Waals surface area (Å²) in [5, 5.41) is 8.49. The van der Waals surface area contributed by atoms with Crippen LogP contribution in [0, 0.1) is 5.92 Å². The molecule has 0 radical (unpaired) electrons. The molecule has 1 aromatic rings. The van der Waals surface area contributed by atoms with Crippen LogP contribution in [0.2, 0.25) is 0 Å². The molecule has 0 saturated carbocycles. The van der Waals surface area contributed by atoms with Gasteiger partial charge in [0.25, 0.3) is 0 Å². The van der Waals surface area contributed by atoms with Gasteiger partial charge in [0.05, 0.1) is 0 Å². The van der Waals surface area contributed by atoms with Crippen LogP contribution in [-0.4, -0.2) is 20.8 Å². The minimum absolute atomic E-state index is 0.284. The van der Waals surface area contributed by atoms with Crippen molar-refractivity contribution in [2.75, 3.05) is 0 Å². The van der Waals surface area contributed by atoms with Crippen LogP contribution in [0.25, 0.3) is 0 Å². The fraction of sp³-hybridized carbons (Fsp3) is 0.818. The van der Waals surface area contributed by atoms with E-state index in [9.17, 15) is 0 Å². The fourth-order valence-corrected chi connectivity index (χ4v) is 2.01. The number of nitrogens with zero attached hydrogens (tertiary/aromatic N) is 3. The predicted molar refractivity (Wildman–Crippen MR) is 59.5 cm³/mol. The van der Waals surface area contributed by atoms with Crippen molar-refractivity contribution in [1.29, 1.82) is 0 Å². The number of rotatable bonds is 3. The van der Waals surface area contributed by atoms with Crippen molar-refractivity contribution in [3.63, 3.8) is 0 Å². The highest BCUT2D eigenvalue weighted by Crippen LogP contribution is 2.15. The molecular formula is C11H20N4. The van der Waals surface area contributed by atoms with Gasteiger partial charge in [-0.2, -0.15) is 0 Å². The SMILES string of the molecule is CC(C)CCc1nnc2n1CC(N)CC2. The first-order valence-electron chi connectivity index (χ1n) is 5.83. The van der Waals surface area contributed by atoms with Gasteiger partial charge in [0, 0.05) is 25.4 Å². The van der Waals surface area contributed by atoms with E-state index in [4.69, 9.17) is 5.73 Å². The lowest BCUT2D eigenvalue weighted by molar-refractivity contribution is 0.438. The van der Waals surface area contributed by atoms with E-state index in [1.165, 1.54) is 6.42 Å². The Labute approximate surface area is 90.9 Å². The van der Waals surface area contributed by atoms with Crippen molar-refractivity contribution in [2.45, 2.75) is 52.1 Å². The van der Waals surface area contributed by atoms with Gasteiger partial charge in [-0.3, -0.25) is 0 Å². The van der Waals surface area contributed by atoms with Gasteiger partial charge in [-0.1, -0.05) is 13.8 Å². The summed E-state index contributed by atoms with van der Waals surface area (Å²) in [4.78, 5) is 0. The zero-order valence-electron chi connectivity index (χ0n) is 9.61. The average Bonchev–Trinajstić information content (AvgIpc) is 2.57. The lowest BCUT2D eigenvalue weighted by Gasteiger charge is -2.20. The van der Waals surface area contributed by atoms with Gasteiger partial charge >= 0.3 is 0 Å². The van der Waals surface area contributed by atoms with Crippen molar-refractivity contribution < 1.29 is 0 Å². The molecule has 0 amide bonds. The van der Waals surface area contributed by atoms with Gasteiger partial charge in [0.2, 0.25) is 0 Å². The van der Waals surface area contributed by atoms with Gasteiger partial charge in [-0.05, 0) is 18.8 Å². The van der Waals surface area contributed by atoms with E-state index in [1.54, 1.807) is 0 Å². The molecule has 4 nitrogen and oxygen atoms in total. The quantitative estimate of drug-likeness (QED) is 0.810. The number of hydrogen-bond acceptors (Lipinski definition) is 3. The molecule has 4 heteroatoms. The van der Waals surface area contributed by atoms with Crippen LogP contribution in [0.3, 0.4) is 0 Å². The summed E-state index contributed by atoms with van der Waals surface area (Å²) in [6, 6.07) is 0.284. The molecular weight excluding hydrogens is 188 g/mol. The molecule has 0 saturated heterocycles. The summed E-state index contributed by atoms with van der Waals surface area (Å²) in [7, 11) is 0. The maximum absolute atomic E-state index is 5.96. The van der Waals surface area contributed by atoms with Crippen LogP contribution in [0.5, 0.6) is 0 Å². The second-order valence-corrected chi connectivity index (χ2v) is 4.87. The molecule has 1 aliphatic heterocycles. The van der Waals surface area contributed by atoms with E-state index in [-0.39, 0.29) is 6.04 Å². The average molecular weight is 208 g/mol. The highest BCUT2D eigenvalue weighted by molar-refractivity contribution is 5.01. The fourth-order valence-electron chi connectivity index (χ4n) is 2.01. The van der Waals surface area contributed by atoms with E-state index in [0.717, 1.165) is 43.4 Å². The monoisotopic (exact) mass is 208 g/mol. The van der Waals surface area contributed by atoms with Crippen LogP contribution in [0.1, 0.15) is 38.3 Å². The summed E-state index contributed by atoms with van der Waals surface area (Å²) in [6.07, 6.45) is 4.23. The predicted octanol–water partition coefficient (Wildman–Crippen LogP) is 1.14. The first kappa shape index (κ1) is 10.6. The van der Waals surface area contributed by atoms with Gasteiger partial charge in [-0.25, -0.2) is 0 Å². The maximum Gasteiger partial charge on any atom is 0.133 e. The van der Waals surface area contributed by atoms with E-state index >= 15 is 0 Å². The van der Waals surface area contributed by atoms with Crippen molar-refractivity contribution in [3.05, 3.63) is 11.6 Å². The number of hydrogen-bond donors (Lipinski definition) is 1. The van der Waals surface area contributed by atoms with Crippen LogP contribution in [0.15, 0.2) is 0 Å². The minimum atomic E-state index is 0.284. The molecule has 1 aromatic heterocycles. The lowest BCUT2D eigenvalue weighted by atomic mass is 10.1. The van der Waals surface area contributed by atoms with Crippen LogP contribution < -0.4 is 5.73 Å². The largest absolute Gasteiger partial charge is 0.326 e. The summed E-state index contributed by atoms with van der Waals surface area (Å²) in [5.74, 6) is 2.96. The van der Waals surface area contributed by atoms with E-state index in [2.05, 4.69) is 28.6 Å². The Balaban J connectivity index is 2.09. The summed E-state index contributed by atoms with van der Waals surface area (Å²) in [6.45, 7) is 5.37. The molecule has 1 aliphatic rings. The zero-order chi connectivity index (χ0) is 10.8. The Bertz CT molecular complexity index is 329. The molecule has 15 heavy (non-hydrogen) atoms. The second-order valence-electron chi connectivity index (χ2n) is 4.87. The summed E-state index contributed by atoms with van der Waals surface area (Å²) in [5.41, 5.74) is 5.96. The number of aromatic nitrogens is 3. The molecule has 0 fully saturated rings. The minimum Gasteiger partial charge on any atom is -0.326 e. The first-order chi connectivity index (χ1) is 7.16. The summed E-state index contributed by atoms with van der Waals surface area (Å²) < 4.78 is 2.22. The van der Waals surface area contributed by atoms with Crippen molar-refractivity contribution in [2.24, 2.45) is 11.7 Å². The summed E-state index contributed by atoms with van der Waals surface area (Å²) >= 11 is 0. The lowest BCUT2D eigenvalue weighted by Crippen LogP contribution is -2.32. The van der Waals surface area contributed by atoms with Gasteiger partial charge in [0.1, 0.15) is 11.6 Å². The Hall–Kier alpha value is -0.900. The third-order valence-electron chi connectivity index (χ3n) is 3.01. The normalized spacial score (nSPS) is 20.7. The third-order valence-corrected chi connectivity index (χ3v) is 3.01.